The van der Waals surface area contributed by atoms with Crippen LogP contribution in [-0.2, 0) is 6.54 Å². The summed E-state index contributed by atoms with van der Waals surface area (Å²) in [5, 5.41) is 4.60. The number of imidazole rings is 1. The van der Waals surface area contributed by atoms with Crippen molar-refractivity contribution < 1.29 is 4.79 Å². The molecule has 1 N–H and O–H groups in total. The Morgan fingerprint density at radius 1 is 1.19 bits per heavy atom. The van der Waals surface area contributed by atoms with Gasteiger partial charge >= 0.3 is 0 Å². The number of benzene rings is 2. The van der Waals surface area contributed by atoms with E-state index >= 15 is 0 Å². The Balaban J connectivity index is 1.36. The summed E-state index contributed by atoms with van der Waals surface area (Å²) >= 11 is 6.07. The molecule has 1 fully saturated rings. The number of halogens is 1. The number of amides is 1. The normalized spacial score (nSPS) is 15.9. The molecule has 0 saturated carbocycles. The SMILES string of the molecule is CN(C(=O)c1ccc2nc[nH]c2c1)N1CCN(Cc2cccc(Cl)c2)CC1. The molecule has 140 valence electrons. The van der Waals surface area contributed by atoms with E-state index in [1.54, 1.807) is 11.3 Å². The maximum absolute atomic E-state index is 12.8. The highest BCUT2D eigenvalue weighted by atomic mass is 35.5. The highest BCUT2D eigenvalue weighted by molar-refractivity contribution is 6.30. The molecule has 27 heavy (non-hydrogen) atoms. The number of piperazine rings is 1. The Morgan fingerprint density at radius 2 is 2.00 bits per heavy atom. The van der Waals surface area contributed by atoms with Crippen LogP contribution in [0.25, 0.3) is 11.0 Å². The van der Waals surface area contributed by atoms with Crippen molar-refractivity contribution in [3.8, 4) is 0 Å². The molecule has 7 heteroatoms. The summed E-state index contributed by atoms with van der Waals surface area (Å²) in [6, 6.07) is 13.5. The highest BCUT2D eigenvalue weighted by Crippen LogP contribution is 2.17. The quantitative estimate of drug-likeness (QED) is 0.752. The fraction of sp³-hybridized carbons (Fsp3) is 0.300. The Morgan fingerprint density at radius 3 is 2.78 bits per heavy atom. The molecule has 1 saturated heterocycles. The Kier molecular flexibility index (Phi) is 5.11. The number of hydrogen-bond donors (Lipinski definition) is 1. The van der Waals surface area contributed by atoms with E-state index in [9.17, 15) is 4.79 Å². The van der Waals surface area contributed by atoms with Crippen molar-refractivity contribution in [3.05, 3.63) is 64.9 Å². The number of rotatable bonds is 4. The van der Waals surface area contributed by atoms with E-state index < -0.39 is 0 Å². The fourth-order valence-electron chi connectivity index (χ4n) is 3.47. The molecular weight excluding hydrogens is 362 g/mol. The summed E-state index contributed by atoms with van der Waals surface area (Å²) in [7, 11) is 1.84. The molecule has 4 rings (SSSR count). The number of H-pyrrole nitrogens is 1. The van der Waals surface area contributed by atoms with E-state index in [1.165, 1.54) is 5.56 Å². The van der Waals surface area contributed by atoms with E-state index in [0.717, 1.165) is 48.8 Å². The molecule has 1 amide bonds. The van der Waals surface area contributed by atoms with Crippen molar-refractivity contribution in [1.82, 2.24) is 24.9 Å². The predicted molar refractivity (Wildman–Crippen MR) is 106 cm³/mol. The average Bonchev–Trinajstić information content (AvgIpc) is 3.15. The number of aromatic amines is 1. The standard InChI is InChI=1S/C20H22ClN5O/c1-24(20(27)16-5-6-18-19(12-16)23-14-22-18)26-9-7-25(8-10-26)13-15-3-2-4-17(21)11-15/h2-6,11-12,14H,7-10,13H2,1H3,(H,22,23). The highest BCUT2D eigenvalue weighted by Gasteiger charge is 2.24. The minimum absolute atomic E-state index is 0.00482. The molecule has 2 heterocycles. The van der Waals surface area contributed by atoms with Gasteiger partial charge in [0.25, 0.3) is 5.91 Å². The van der Waals surface area contributed by atoms with Gasteiger partial charge in [-0.1, -0.05) is 23.7 Å². The molecule has 0 unspecified atom stereocenters. The molecule has 3 aromatic rings. The minimum atomic E-state index is -0.00482. The van der Waals surface area contributed by atoms with Crippen LogP contribution in [0, 0.1) is 0 Å². The van der Waals surface area contributed by atoms with Gasteiger partial charge in [-0.05, 0) is 35.9 Å². The zero-order valence-electron chi connectivity index (χ0n) is 15.2. The van der Waals surface area contributed by atoms with Crippen LogP contribution in [0.15, 0.2) is 48.8 Å². The van der Waals surface area contributed by atoms with Gasteiger partial charge in [0.1, 0.15) is 0 Å². The molecule has 1 aliphatic heterocycles. The van der Waals surface area contributed by atoms with Gasteiger partial charge in [-0.25, -0.2) is 9.99 Å². The molecule has 1 aliphatic rings. The third-order valence-electron chi connectivity index (χ3n) is 5.03. The van der Waals surface area contributed by atoms with E-state index in [1.807, 2.05) is 43.4 Å². The van der Waals surface area contributed by atoms with E-state index in [2.05, 4.69) is 25.9 Å². The lowest BCUT2D eigenvalue weighted by molar-refractivity contribution is -0.0239. The number of carbonyl (C=O) groups excluding carboxylic acids is 1. The second-order valence-electron chi connectivity index (χ2n) is 6.82. The number of nitrogens with one attached hydrogen (secondary N) is 1. The molecule has 0 aliphatic carbocycles. The van der Waals surface area contributed by atoms with Gasteiger partial charge in [0.05, 0.1) is 17.4 Å². The molecular formula is C20H22ClN5O. The lowest BCUT2D eigenvalue weighted by Gasteiger charge is -2.39. The van der Waals surface area contributed by atoms with Crippen LogP contribution in [0.4, 0.5) is 0 Å². The van der Waals surface area contributed by atoms with Gasteiger partial charge in [-0.15, -0.1) is 0 Å². The first-order chi connectivity index (χ1) is 13.1. The fourth-order valence-corrected chi connectivity index (χ4v) is 3.69. The largest absolute Gasteiger partial charge is 0.345 e. The average molecular weight is 384 g/mol. The second kappa shape index (κ2) is 7.68. The molecule has 0 radical (unpaired) electrons. The van der Waals surface area contributed by atoms with E-state index in [4.69, 9.17) is 11.6 Å². The van der Waals surface area contributed by atoms with Crippen molar-refractivity contribution in [2.45, 2.75) is 6.54 Å². The van der Waals surface area contributed by atoms with Crippen molar-refractivity contribution in [1.29, 1.82) is 0 Å². The number of carbonyl (C=O) groups is 1. The van der Waals surface area contributed by atoms with Crippen LogP contribution in [-0.4, -0.2) is 64.0 Å². The Hall–Kier alpha value is -2.41. The molecule has 0 spiro atoms. The molecule has 0 atom stereocenters. The van der Waals surface area contributed by atoms with Gasteiger partial charge in [0.15, 0.2) is 0 Å². The number of nitrogens with zero attached hydrogens (tertiary/aromatic N) is 4. The lowest BCUT2D eigenvalue weighted by Crippen LogP contribution is -2.53. The summed E-state index contributed by atoms with van der Waals surface area (Å²) < 4.78 is 0. The zero-order valence-corrected chi connectivity index (χ0v) is 16.0. The number of hydrogen-bond acceptors (Lipinski definition) is 4. The summed E-state index contributed by atoms with van der Waals surface area (Å²) in [6.45, 7) is 4.32. The minimum Gasteiger partial charge on any atom is -0.345 e. The van der Waals surface area contributed by atoms with Crippen LogP contribution in [0.2, 0.25) is 5.02 Å². The van der Waals surface area contributed by atoms with Gasteiger partial charge in [-0.2, -0.15) is 0 Å². The van der Waals surface area contributed by atoms with Crippen LogP contribution in [0.3, 0.4) is 0 Å². The number of hydrazine groups is 1. The van der Waals surface area contributed by atoms with Crippen LogP contribution < -0.4 is 0 Å². The van der Waals surface area contributed by atoms with Gasteiger partial charge in [-0.3, -0.25) is 14.7 Å². The van der Waals surface area contributed by atoms with Crippen molar-refractivity contribution in [2.24, 2.45) is 0 Å². The number of aromatic nitrogens is 2. The molecule has 1 aromatic heterocycles. The Bertz CT molecular complexity index is 948. The smallest absolute Gasteiger partial charge is 0.267 e. The van der Waals surface area contributed by atoms with Gasteiger partial charge in [0, 0.05) is 50.4 Å². The summed E-state index contributed by atoms with van der Waals surface area (Å²) in [5.74, 6) is -0.00482. The summed E-state index contributed by atoms with van der Waals surface area (Å²) in [4.78, 5) is 22.5. The topological polar surface area (TPSA) is 55.5 Å². The third-order valence-corrected chi connectivity index (χ3v) is 5.26. The van der Waals surface area contributed by atoms with Gasteiger partial charge in [0.2, 0.25) is 0 Å². The summed E-state index contributed by atoms with van der Waals surface area (Å²) in [5.41, 5.74) is 3.62. The monoisotopic (exact) mass is 383 g/mol. The van der Waals surface area contributed by atoms with Crippen molar-refractivity contribution >= 4 is 28.5 Å². The van der Waals surface area contributed by atoms with Crippen LogP contribution in [0.1, 0.15) is 15.9 Å². The maximum atomic E-state index is 12.8. The maximum Gasteiger partial charge on any atom is 0.267 e. The molecule has 0 bridgehead atoms. The predicted octanol–water partition coefficient (Wildman–Crippen LogP) is 3.02. The first-order valence-electron chi connectivity index (χ1n) is 9.03. The van der Waals surface area contributed by atoms with Gasteiger partial charge < -0.3 is 4.98 Å². The number of fused-ring (bicyclic) bond motifs is 1. The van der Waals surface area contributed by atoms with Crippen LogP contribution in [0.5, 0.6) is 0 Å². The van der Waals surface area contributed by atoms with E-state index in [0.29, 0.717) is 5.56 Å². The Labute approximate surface area is 163 Å². The molecule has 2 aromatic carbocycles. The van der Waals surface area contributed by atoms with Crippen molar-refractivity contribution in [2.75, 3.05) is 33.2 Å². The summed E-state index contributed by atoms with van der Waals surface area (Å²) in [6.07, 6.45) is 1.64. The lowest BCUT2D eigenvalue weighted by atomic mass is 10.2. The zero-order chi connectivity index (χ0) is 18.8. The van der Waals surface area contributed by atoms with E-state index in [-0.39, 0.29) is 5.91 Å². The first-order valence-corrected chi connectivity index (χ1v) is 9.41. The third kappa shape index (κ3) is 3.98. The molecule has 6 nitrogen and oxygen atoms in total. The van der Waals surface area contributed by atoms with Crippen LogP contribution >= 0.6 is 11.6 Å². The first kappa shape index (κ1) is 18.0. The second-order valence-corrected chi connectivity index (χ2v) is 7.26. The van der Waals surface area contributed by atoms with Crippen molar-refractivity contribution in [3.63, 3.8) is 0 Å².